The van der Waals surface area contributed by atoms with Crippen molar-refractivity contribution in [1.82, 2.24) is 4.31 Å². The van der Waals surface area contributed by atoms with Crippen molar-refractivity contribution in [2.75, 3.05) is 13.1 Å². The van der Waals surface area contributed by atoms with Crippen molar-refractivity contribution in [2.24, 2.45) is 5.14 Å². The van der Waals surface area contributed by atoms with E-state index in [1.54, 1.807) is 0 Å². The Balaban J connectivity index is 2.53. The quantitative estimate of drug-likeness (QED) is 0.446. The van der Waals surface area contributed by atoms with Gasteiger partial charge in [0.1, 0.15) is 0 Å². The fourth-order valence-electron chi connectivity index (χ4n) is 0.628. The first kappa shape index (κ1) is 10.8. The summed E-state index contributed by atoms with van der Waals surface area (Å²) in [6.45, 7) is 0.576. The lowest BCUT2D eigenvalue weighted by molar-refractivity contribution is -0.0942. The molecule has 0 aliphatic carbocycles. The third kappa shape index (κ3) is 3.17. The van der Waals surface area contributed by atoms with Gasteiger partial charge in [-0.1, -0.05) is 8.67 Å². The lowest BCUT2D eigenvalue weighted by atomic mass is 10.3. The average Bonchev–Trinajstić information content (AvgIpc) is 1.77. The molecular weight excluding hydrogens is 224 g/mol. The van der Waals surface area contributed by atoms with Crippen LogP contribution < -0.4 is 5.14 Å². The molecule has 0 radical (unpaired) electrons. The predicted octanol–water partition coefficient (Wildman–Crippen LogP) is -1.91. The Morgan fingerprint density at radius 1 is 1.08 bits per heavy atom. The molecule has 1 rings (SSSR count). The van der Waals surface area contributed by atoms with Crippen LogP contribution >= 0.6 is 0 Å². The highest BCUT2D eigenvalue weighted by Crippen LogP contribution is 2.13. The van der Waals surface area contributed by atoms with E-state index in [9.17, 15) is 16.8 Å². The normalized spacial score (nSPS) is 19.8. The lowest BCUT2D eigenvalue weighted by Gasteiger charge is -2.27. The second-order valence-corrected chi connectivity index (χ2v) is 4.97. The maximum absolute atomic E-state index is 10.9. The Morgan fingerprint density at radius 2 is 1.62 bits per heavy atom. The number of hydrogen-bond acceptors (Lipinski definition) is 6. The van der Waals surface area contributed by atoms with E-state index in [1.807, 2.05) is 0 Å². The van der Waals surface area contributed by atoms with Crippen LogP contribution in [0.3, 0.4) is 0 Å². The molecule has 78 valence electrons. The standard InChI is InChI=1S/C3H8N2O6S2/c4-12(6,7)10-11-13(8,9)5-2-1-3-5/h1-3H2,(H2,4,6,7). The maximum atomic E-state index is 10.9. The minimum atomic E-state index is -4.40. The number of nitrogens with zero attached hydrogens (tertiary/aromatic N) is 1. The smallest absolute Gasteiger partial charge is 0.203 e. The van der Waals surface area contributed by atoms with Crippen LogP contribution in [0.15, 0.2) is 0 Å². The first-order chi connectivity index (χ1) is 5.81. The Bertz CT molecular complexity index is 367. The molecule has 0 bridgehead atoms. The summed E-state index contributed by atoms with van der Waals surface area (Å²) in [5.41, 5.74) is 0. The summed E-state index contributed by atoms with van der Waals surface area (Å²) in [5, 5.41) is 4.34. The lowest BCUT2D eigenvalue weighted by Crippen LogP contribution is -2.43. The first-order valence-electron chi connectivity index (χ1n) is 3.22. The highest BCUT2D eigenvalue weighted by atomic mass is 32.3. The molecule has 13 heavy (non-hydrogen) atoms. The monoisotopic (exact) mass is 232 g/mol. The molecule has 1 fully saturated rings. The number of hydrogen-bond donors (Lipinski definition) is 1. The van der Waals surface area contributed by atoms with E-state index in [-0.39, 0.29) is 13.1 Å². The van der Waals surface area contributed by atoms with E-state index >= 15 is 0 Å². The van der Waals surface area contributed by atoms with Crippen LogP contribution in [0.4, 0.5) is 0 Å². The van der Waals surface area contributed by atoms with Gasteiger partial charge in [-0.05, 0) is 6.42 Å². The average molecular weight is 232 g/mol. The summed E-state index contributed by atoms with van der Waals surface area (Å²) in [7, 11) is -8.51. The summed E-state index contributed by atoms with van der Waals surface area (Å²) in [4.78, 5) is 0. The highest BCUT2D eigenvalue weighted by Gasteiger charge is 2.30. The van der Waals surface area contributed by atoms with Crippen LogP contribution in [0, 0.1) is 0 Å². The van der Waals surface area contributed by atoms with Gasteiger partial charge in [0, 0.05) is 13.1 Å². The molecule has 0 aromatic rings. The second-order valence-electron chi connectivity index (χ2n) is 2.34. The van der Waals surface area contributed by atoms with Crippen LogP contribution in [0.1, 0.15) is 6.42 Å². The topological polar surface area (TPSA) is 116 Å². The van der Waals surface area contributed by atoms with Crippen LogP contribution in [-0.2, 0) is 29.3 Å². The molecule has 0 aromatic heterocycles. The minimum absolute atomic E-state index is 0.288. The third-order valence-electron chi connectivity index (χ3n) is 1.34. The summed E-state index contributed by atoms with van der Waals surface area (Å²) < 4.78 is 50.2. The van der Waals surface area contributed by atoms with E-state index in [0.717, 1.165) is 4.31 Å². The summed E-state index contributed by atoms with van der Waals surface area (Å²) in [6, 6.07) is 0. The molecule has 0 aromatic carbocycles. The van der Waals surface area contributed by atoms with Crippen LogP contribution in [-0.4, -0.2) is 34.2 Å². The van der Waals surface area contributed by atoms with Gasteiger partial charge in [0.25, 0.3) is 0 Å². The molecule has 1 heterocycles. The van der Waals surface area contributed by atoms with Crippen LogP contribution in [0.2, 0.25) is 0 Å². The molecule has 10 heteroatoms. The van der Waals surface area contributed by atoms with E-state index in [4.69, 9.17) is 0 Å². The van der Waals surface area contributed by atoms with Crippen molar-refractivity contribution >= 4 is 20.6 Å². The Labute approximate surface area is 75.7 Å². The van der Waals surface area contributed by atoms with E-state index in [2.05, 4.69) is 13.8 Å². The fourth-order valence-corrected chi connectivity index (χ4v) is 2.01. The van der Waals surface area contributed by atoms with Crippen molar-refractivity contribution in [2.45, 2.75) is 6.42 Å². The molecule has 0 amide bonds. The fraction of sp³-hybridized carbons (Fsp3) is 1.00. The maximum Gasteiger partial charge on any atom is 0.365 e. The molecule has 0 unspecified atom stereocenters. The van der Waals surface area contributed by atoms with Crippen molar-refractivity contribution in [3.63, 3.8) is 0 Å². The Morgan fingerprint density at radius 3 is 1.92 bits per heavy atom. The van der Waals surface area contributed by atoms with Gasteiger partial charge in [-0.2, -0.15) is 21.1 Å². The minimum Gasteiger partial charge on any atom is -0.203 e. The third-order valence-corrected chi connectivity index (χ3v) is 2.92. The predicted molar refractivity (Wildman–Crippen MR) is 40.4 cm³/mol. The summed E-state index contributed by atoms with van der Waals surface area (Å²) in [5.74, 6) is 0. The second kappa shape index (κ2) is 3.48. The SMILES string of the molecule is NS(=O)(=O)OOS(=O)(=O)N1CCC1. The molecule has 8 nitrogen and oxygen atoms in total. The summed E-state index contributed by atoms with van der Waals surface area (Å²) >= 11 is 0. The van der Waals surface area contributed by atoms with Gasteiger partial charge in [-0.3, -0.25) is 0 Å². The molecule has 1 aliphatic heterocycles. The Hall–Kier alpha value is -0.260. The van der Waals surface area contributed by atoms with Gasteiger partial charge in [-0.25, -0.2) is 5.14 Å². The van der Waals surface area contributed by atoms with Crippen molar-refractivity contribution in [3.05, 3.63) is 0 Å². The van der Waals surface area contributed by atoms with Gasteiger partial charge in [0.05, 0.1) is 0 Å². The van der Waals surface area contributed by atoms with Crippen LogP contribution in [0.5, 0.6) is 0 Å². The number of rotatable bonds is 4. The molecule has 0 saturated carbocycles. The molecule has 1 aliphatic rings. The Kier molecular flexibility index (Phi) is 2.89. The van der Waals surface area contributed by atoms with Crippen molar-refractivity contribution in [3.8, 4) is 0 Å². The first-order valence-corrected chi connectivity index (χ1v) is 6.05. The molecule has 0 atom stereocenters. The van der Waals surface area contributed by atoms with Gasteiger partial charge >= 0.3 is 20.6 Å². The van der Waals surface area contributed by atoms with Gasteiger partial charge in [-0.15, -0.1) is 0 Å². The zero-order valence-electron chi connectivity index (χ0n) is 6.41. The molecule has 1 saturated heterocycles. The summed E-state index contributed by atoms with van der Waals surface area (Å²) in [6.07, 6.45) is 0.706. The highest BCUT2D eigenvalue weighted by molar-refractivity contribution is 7.86. The van der Waals surface area contributed by atoms with E-state index < -0.39 is 20.6 Å². The van der Waals surface area contributed by atoms with Crippen molar-refractivity contribution in [1.29, 1.82) is 0 Å². The van der Waals surface area contributed by atoms with E-state index in [1.165, 1.54) is 0 Å². The van der Waals surface area contributed by atoms with E-state index in [0.29, 0.717) is 6.42 Å². The zero-order valence-corrected chi connectivity index (χ0v) is 8.04. The zero-order chi connectivity index (χ0) is 10.1. The molecule has 2 N–H and O–H groups in total. The van der Waals surface area contributed by atoms with Crippen LogP contribution in [0.25, 0.3) is 0 Å². The van der Waals surface area contributed by atoms with Gasteiger partial charge < -0.3 is 0 Å². The number of nitrogens with two attached hydrogens (primary N) is 1. The van der Waals surface area contributed by atoms with Gasteiger partial charge in [0.2, 0.25) is 0 Å². The molecule has 0 spiro atoms. The van der Waals surface area contributed by atoms with Gasteiger partial charge in [0.15, 0.2) is 0 Å². The molecular formula is C3H8N2O6S2. The largest absolute Gasteiger partial charge is 0.365 e. The van der Waals surface area contributed by atoms with Crippen molar-refractivity contribution < 1.29 is 25.5 Å².